The number of hydrogen-bond acceptors (Lipinski definition) is 3. The molecule has 2 fully saturated rings. The zero-order chi connectivity index (χ0) is 18.8. The molecule has 2 aliphatic rings. The van der Waals surface area contributed by atoms with Crippen LogP contribution in [-0.4, -0.2) is 43.0 Å². The fraction of sp³-hybridized carbons (Fsp3) is 0.600. The van der Waals surface area contributed by atoms with Crippen molar-refractivity contribution in [2.75, 3.05) is 19.4 Å². The fourth-order valence-electron chi connectivity index (χ4n) is 4.44. The summed E-state index contributed by atoms with van der Waals surface area (Å²) in [5.74, 6) is 0.817. The number of carbonyl (C=O) groups excluding carboxylic acids is 2. The van der Waals surface area contributed by atoms with Crippen LogP contribution in [0.1, 0.15) is 48.0 Å². The molecule has 2 aliphatic carbocycles. The van der Waals surface area contributed by atoms with E-state index in [1.54, 1.807) is 20.2 Å². The molecule has 0 radical (unpaired) electrons. The maximum Gasteiger partial charge on any atom is 0.321 e. The Kier molecular flexibility index (Phi) is 5.51. The third-order valence-electron chi connectivity index (χ3n) is 5.74. The highest BCUT2D eigenvalue weighted by Gasteiger charge is 2.40. The van der Waals surface area contributed by atoms with Gasteiger partial charge in [-0.1, -0.05) is 18.1 Å². The van der Waals surface area contributed by atoms with Crippen molar-refractivity contribution in [3.8, 4) is 0 Å². The lowest BCUT2D eigenvalue weighted by molar-refractivity contribution is 0.0756. The molecule has 2 bridgehead atoms. The van der Waals surface area contributed by atoms with Crippen LogP contribution in [-0.2, 0) is 0 Å². The minimum atomic E-state index is -0.247. The van der Waals surface area contributed by atoms with Crippen molar-refractivity contribution in [2.45, 2.75) is 51.1 Å². The molecule has 26 heavy (non-hydrogen) atoms. The third kappa shape index (κ3) is 4.01. The Morgan fingerprint density at radius 2 is 1.81 bits per heavy atom. The second kappa shape index (κ2) is 7.66. The van der Waals surface area contributed by atoms with E-state index in [9.17, 15) is 9.59 Å². The van der Waals surface area contributed by atoms with Crippen LogP contribution >= 0.6 is 0 Å². The monoisotopic (exact) mass is 358 g/mol. The summed E-state index contributed by atoms with van der Waals surface area (Å²) in [5.41, 5.74) is 8.25. The van der Waals surface area contributed by atoms with Crippen LogP contribution in [0.25, 0.3) is 0 Å². The highest BCUT2D eigenvalue weighted by Crippen LogP contribution is 2.39. The van der Waals surface area contributed by atoms with Crippen LogP contribution in [0.2, 0.25) is 0 Å². The number of aryl methyl sites for hydroxylation is 1. The minimum absolute atomic E-state index is 0.111. The average Bonchev–Trinajstić information content (AvgIpc) is 2.57. The molecule has 3 amide bonds. The highest BCUT2D eigenvalue weighted by molar-refractivity contribution is 6.03. The van der Waals surface area contributed by atoms with Crippen molar-refractivity contribution < 1.29 is 9.59 Å². The molecule has 0 spiro atoms. The Labute approximate surface area is 155 Å². The molecule has 2 saturated carbocycles. The summed E-state index contributed by atoms with van der Waals surface area (Å²) in [5, 5.41) is 6.09. The van der Waals surface area contributed by atoms with Gasteiger partial charge in [-0.3, -0.25) is 4.79 Å². The molecule has 1 aromatic carbocycles. The molecular weight excluding hydrogens is 328 g/mol. The van der Waals surface area contributed by atoms with Gasteiger partial charge in [0.2, 0.25) is 0 Å². The Morgan fingerprint density at radius 3 is 2.42 bits per heavy atom. The molecule has 3 rings (SSSR count). The van der Waals surface area contributed by atoms with Gasteiger partial charge in [0.25, 0.3) is 5.91 Å². The Hall–Kier alpha value is -2.08. The van der Waals surface area contributed by atoms with Gasteiger partial charge in [0.1, 0.15) is 0 Å². The van der Waals surface area contributed by atoms with Gasteiger partial charge in [0.05, 0.1) is 11.3 Å². The van der Waals surface area contributed by atoms with Crippen LogP contribution in [0.4, 0.5) is 10.5 Å². The predicted octanol–water partition coefficient (Wildman–Crippen LogP) is 2.72. The molecule has 4 N–H and O–H groups in total. The van der Waals surface area contributed by atoms with Gasteiger partial charge in [-0.25, -0.2) is 4.79 Å². The molecular formula is C20H30N4O2. The number of hydrogen-bond donors (Lipinski definition) is 3. The second-order valence-corrected chi connectivity index (χ2v) is 8.06. The lowest BCUT2D eigenvalue weighted by Crippen LogP contribution is -2.53. The predicted molar refractivity (Wildman–Crippen MR) is 103 cm³/mol. The van der Waals surface area contributed by atoms with Crippen LogP contribution in [0.3, 0.4) is 0 Å². The smallest absolute Gasteiger partial charge is 0.321 e. The van der Waals surface area contributed by atoms with Gasteiger partial charge in [0.15, 0.2) is 0 Å². The number of amides is 3. The molecule has 6 heteroatoms. The number of urea groups is 1. The summed E-state index contributed by atoms with van der Waals surface area (Å²) in [6.45, 7) is 1.95. The van der Waals surface area contributed by atoms with Crippen molar-refractivity contribution in [2.24, 2.45) is 17.6 Å². The highest BCUT2D eigenvalue weighted by atomic mass is 16.2. The van der Waals surface area contributed by atoms with Gasteiger partial charge in [0, 0.05) is 26.2 Å². The zero-order valence-corrected chi connectivity index (χ0v) is 15.9. The molecule has 0 aliphatic heterocycles. The van der Waals surface area contributed by atoms with E-state index < -0.39 is 0 Å². The van der Waals surface area contributed by atoms with Crippen LogP contribution in [0, 0.1) is 18.8 Å². The van der Waals surface area contributed by atoms with Crippen molar-refractivity contribution in [1.29, 1.82) is 0 Å². The molecule has 6 nitrogen and oxygen atoms in total. The molecule has 0 aromatic heterocycles. The molecule has 142 valence electrons. The maximum atomic E-state index is 13.0. The Balaban J connectivity index is 1.79. The number of benzene rings is 1. The summed E-state index contributed by atoms with van der Waals surface area (Å²) in [4.78, 5) is 26.5. The van der Waals surface area contributed by atoms with E-state index in [4.69, 9.17) is 5.73 Å². The summed E-state index contributed by atoms with van der Waals surface area (Å²) >= 11 is 0. The molecule has 2 unspecified atom stereocenters. The molecule has 0 heterocycles. The first-order chi connectivity index (χ1) is 12.3. The van der Waals surface area contributed by atoms with Crippen LogP contribution in [0.5, 0.6) is 0 Å². The first-order valence-electron chi connectivity index (χ1n) is 9.50. The Bertz CT molecular complexity index is 674. The van der Waals surface area contributed by atoms with E-state index in [-0.39, 0.29) is 24.0 Å². The van der Waals surface area contributed by atoms with E-state index in [2.05, 4.69) is 10.6 Å². The number of fused-ring (bicyclic) bond motifs is 2. The maximum absolute atomic E-state index is 13.0. The van der Waals surface area contributed by atoms with Crippen molar-refractivity contribution in [3.05, 3.63) is 29.3 Å². The lowest BCUT2D eigenvalue weighted by Gasteiger charge is -2.45. The average molecular weight is 358 g/mol. The largest absolute Gasteiger partial charge is 0.349 e. The standard InChI is InChI=1S/C20H30N4O2/c1-12-7-8-17(22-20(26)24(2)3)16(9-12)19(25)23-18-13-5-4-6-14(18)11-15(21)10-13/h7-9,13-15,18H,4-6,10-11,21H2,1-3H3,(H,22,26)(H,23,25). The normalized spacial score (nSPS) is 27.5. The van der Waals surface area contributed by atoms with Crippen molar-refractivity contribution in [1.82, 2.24) is 10.2 Å². The van der Waals surface area contributed by atoms with E-state index in [1.165, 1.54) is 11.3 Å². The summed E-state index contributed by atoms with van der Waals surface area (Å²) in [6.07, 6.45) is 5.46. The quantitative estimate of drug-likeness (QED) is 0.776. The molecule has 0 saturated heterocycles. The third-order valence-corrected chi connectivity index (χ3v) is 5.74. The van der Waals surface area contributed by atoms with Crippen LogP contribution in [0.15, 0.2) is 18.2 Å². The van der Waals surface area contributed by atoms with E-state index >= 15 is 0 Å². The number of nitrogens with one attached hydrogen (secondary N) is 2. The van der Waals surface area contributed by atoms with Gasteiger partial charge in [-0.05, 0) is 56.6 Å². The van der Waals surface area contributed by atoms with Crippen molar-refractivity contribution >= 4 is 17.6 Å². The number of nitrogens with zero attached hydrogens (tertiary/aromatic N) is 1. The summed E-state index contributed by atoms with van der Waals surface area (Å²) in [7, 11) is 3.35. The fourth-order valence-corrected chi connectivity index (χ4v) is 4.44. The van der Waals surface area contributed by atoms with E-state index in [0.717, 1.165) is 31.2 Å². The van der Waals surface area contributed by atoms with Gasteiger partial charge < -0.3 is 21.3 Å². The Morgan fingerprint density at radius 1 is 1.15 bits per heavy atom. The van der Waals surface area contributed by atoms with Gasteiger partial charge in [-0.15, -0.1) is 0 Å². The SMILES string of the molecule is Cc1ccc(NC(=O)N(C)C)c(C(=O)NC2C3CCCC2CC(N)C3)c1. The number of carbonyl (C=O) groups is 2. The topological polar surface area (TPSA) is 87.5 Å². The van der Waals surface area contributed by atoms with E-state index in [1.807, 2.05) is 19.1 Å². The summed E-state index contributed by atoms with van der Waals surface area (Å²) in [6, 6.07) is 5.73. The van der Waals surface area contributed by atoms with Crippen LogP contribution < -0.4 is 16.4 Å². The summed E-state index contributed by atoms with van der Waals surface area (Å²) < 4.78 is 0. The van der Waals surface area contributed by atoms with Gasteiger partial charge in [-0.2, -0.15) is 0 Å². The lowest BCUT2D eigenvalue weighted by atomic mass is 9.67. The van der Waals surface area contributed by atoms with Crippen molar-refractivity contribution in [3.63, 3.8) is 0 Å². The second-order valence-electron chi connectivity index (χ2n) is 8.06. The number of nitrogens with two attached hydrogens (primary N) is 1. The minimum Gasteiger partial charge on any atom is -0.349 e. The molecule has 1 aromatic rings. The number of anilines is 1. The molecule has 2 atom stereocenters. The van der Waals surface area contributed by atoms with Gasteiger partial charge >= 0.3 is 6.03 Å². The number of rotatable bonds is 3. The zero-order valence-electron chi connectivity index (χ0n) is 15.9. The first-order valence-corrected chi connectivity index (χ1v) is 9.50. The first kappa shape index (κ1) is 18.7. The van der Waals surface area contributed by atoms with E-state index in [0.29, 0.717) is 23.1 Å².